The minimum Gasteiger partial charge on any atom is -0.464 e. The van der Waals surface area contributed by atoms with Crippen LogP contribution in [0, 0.1) is 22.0 Å². The predicted molar refractivity (Wildman–Crippen MR) is 163 cm³/mol. The first-order valence-electron chi connectivity index (χ1n) is 15.9. The van der Waals surface area contributed by atoms with Gasteiger partial charge in [0.1, 0.15) is 6.61 Å². The van der Waals surface area contributed by atoms with E-state index in [0.717, 1.165) is 45.6 Å². The zero-order valence-corrected chi connectivity index (χ0v) is 25.4. The van der Waals surface area contributed by atoms with Gasteiger partial charge in [-0.2, -0.15) is 0 Å². The second-order valence-electron chi connectivity index (χ2n) is 11.9. The summed E-state index contributed by atoms with van der Waals surface area (Å²) in [5, 5.41) is 41.0. The third-order valence-electron chi connectivity index (χ3n) is 8.74. The van der Waals surface area contributed by atoms with Crippen molar-refractivity contribution in [1.82, 2.24) is 9.80 Å². The number of piperazine rings is 1. The molecule has 1 aromatic carbocycles. The molecular formula is C32H51N3O8. The van der Waals surface area contributed by atoms with Gasteiger partial charge in [0, 0.05) is 45.7 Å². The van der Waals surface area contributed by atoms with Gasteiger partial charge in [-0.1, -0.05) is 42.5 Å². The summed E-state index contributed by atoms with van der Waals surface area (Å²) >= 11 is 0. The molecule has 11 nitrogen and oxygen atoms in total. The molecule has 242 valence electrons. The average molecular weight is 606 g/mol. The van der Waals surface area contributed by atoms with Crippen molar-refractivity contribution in [2.45, 2.75) is 82.5 Å². The van der Waals surface area contributed by atoms with Crippen molar-refractivity contribution in [1.29, 1.82) is 0 Å². The molecule has 0 spiro atoms. The average Bonchev–Trinajstić information content (AvgIpc) is 3.27. The monoisotopic (exact) mass is 605 g/mol. The fourth-order valence-corrected chi connectivity index (χ4v) is 6.17. The Morgan fingerprint density at radius 1 is 0.977 bits per heavy atom. The summed E-state index contributed by atoms with van der Waals surface area (Å²) in [6.07, 6.45) is 8.88. The lowest BCUT2D eigenvalue weighted by atomic mass is 9.85. The Balaban J connectivity index is 1.22. The molecule has 11 heteroatoms. The van der Waals surface area contributed by atoms with E-state index in [2.05, 4.69) is 26.8 Å². The zero-order chi connectivity index (χ0) is 30.9. The molecule has 0 radical (unpaired) electrons. The molecule has 1 saturated carbocycles. The van der Waals surface area contributed by atoms with Crippen molar-refractivity contribution in [3.05, 3.63) is 58.2 Å². The van der Waals surface area contributed by atoms with Crippen LogP contribution in [0.1, 0.15) is 63.4 Å². The number of allylic oxidation sites excluding steroid dienone is 2. The van der Waals surface area contributed by atoms with E-state index in [-0.39, 0.29) is 24.4 Å². The standard InChI is InChI=1S/C32H51N3O8/c36-27(14-13-26-9-4-3-5-10-26)15-16-29-28(30(37)25-31(29)38)11-6-1-2-7-12-32(39)42-24-22-34-20-18-33(19-21-34)17-8-23-43-35(40)41/h1,3-6,9-10,27-31,36-38H,2,7-8,11-25H2/t27-,28+,29+,30-,31+/m0/s1. The van der Waals surface area contributed by atoms with E-state index in [4.69, 9.17) is 4.74 Å². The molecule has 0 aromatic heterocycles. The lowest BCUT2D eigenvalue weighted by Crippen LogP contribution is -2.47. The van der Waals surface area contributed by atoms with Crippen molar-refractivity contribution in [3.63, 3.8) is 0 Å². The van der Waals surface area contributed by atoms with E-state index in [9.17, 15) is 30.2 Å². The topological polar surface area (TPSA) is 146 Å². The Morgan fingerprint density at radius 2 is 1.67 bits per heavy atom. The van der Waals surface area contributed by atoms with Crippen LogP contribution in [0.15, 0.2) is 42.5 Å². The van der Waals surface area contributed by atoms with Gasteiger partial charge in [0.2, 0.25) is 0 Å². The van der Waals surface area contributed by atoms with Gasteiger partial charge in [-0.05, 0) is 75.2 Å². The lowest BCUT2D eigenvalue weighted by molar-refractivity contribution is -0.757. The van der Waals surface area contributed by atoms with E-state index < -0.39 is 23.4 Å². The molecular weight excluding hydrogens is 554 g/mol. The van der Waals surface area contributed by atoms with Crippen molar-refractivity contribution in [2.75, 3.05) is 52.5 Å². The highest BCUT2D eigenvalue weighted by Gasteiger charge is 2.40. The van der Waals surface area contributed by atoms with Gasteiger partial charge < -0.3 is 29.8 Å². The fourth-order valence-electron chi connectivity index (χ4n) is 6.17. The fraction of sp³-hybridized carbons (Fsp3) is 0.719. The van der Waals surface area contributed by atoms with Crippen LogP contribution in [0.2, 0.25) is 0 Å². The van der Waals surface area contributed by atoms with Gasteiger partial charge in [0.05, 0.1) is 24.9 Å². The first-order valence-corrected chi connectivity index (χ1v) is 15.9. The highest BCUT2D eigenvalue weighted by Crippen LogP contribution is 2.38. The second kappa shape index (κ2) is 19.7. The Hall–Kier alpha value is -2.57. The quantitative estimate of drug-likeness (QED) is 0.0667. The van der Waals surface area contributed by atoms with Crippen molar-refractivity contribution in [3.8, 4) is 0 Å². The molecule has 3 rings (SSSR count). The number of aryl methyl sites for hydroxylation is 1. The number of ether oxygens (including phenoxy) is 1. The van der Waals surface area contributed by atoms with Crippen LogP contribution in [0.4, 0.5) is 0 Å². The summed E-state index contributed by atoms with van der Waals surface area (Å²) in [6, 6.07) is 10.1. The Bertz CT molecular complexity index is 957. The first-order chi connectivity index (χ1) is 20.8. The van der Waals surface area contributed by atoms with E-state index in [1.165, 1.54) is 5.56 Å². The normalized spacial score (nSPS) is 23.9. The van der Waals surface area contributed by atoms with E-state index in [0.29, 0.717) is 64.5 Å². The Labute approximate surface area is 255 Å². The molecule has 0 unspecified atom stereocenters. The lowest BCUT2D eigenvalue weighted by Gasteiger charge is -2.34. The molecule has 43 heavy (non-hydrogen) atoms. The smallest absolute Gasteiger partial charge is 0.305 e. The number of carbonyl (C=O) groups is 1. The van der Waals surface area contributed by atoms with Gasteiger partial charge in [-0.3, -0.25) is 9.69 Å². The van der Waals surface area contributed by atoms with Gasteiger partial charge >= 0.3 is 5.97 Å². The summed E-state index contributed by atoms with van der Waals surface area (Å²) in [7, 11) is 0. The molecule has 3 N–H and O–H groups in total. The number of esters is 1. The maximum absolute atomic E-state index is 12.1. The molecule has 2 fully saturated rings. The van der Waals surface area contributed by atoms with Crippen LogP contribution in [-0.4, -0.2) is 107 Å². The predicted octanol–water partition coefficient (Wildman–Crippen LogP) is 2.99. The van der Waals surface area contributed by atoms with E-state index >= 15 is 0 Å². The summed E-state index contributed by atoms with van der Waals surface area (Å²) in [5.74, 6) is -0.251. The number of aliphatic hydroxyl groups is 3. The van der Waals surface area contributed by atoms with E-state index in [1.807, 2.05) is 30.4 Å². The Kier molecular flexibility index (Phi) is 16.0. The highest BCUT2D eigenvalue weighted by atomic mass is 16.9. The molecule has 2 aliphatic rings. The molecule has 5 atom stereocenters. The van der Waals surface area contributed by atoms with Crippen LogP contribution < -0.4 is 0 Å². The van der Waals surface area contributed by atoms with Crippen LogP contribution in [-0.2, 0) is 20.8 Å². The van der Waals surface area contributed by atoms with Crippen LogP contribution in [0.25, 0.3) is 0 Å². The van der Waals surface area contributed by atoms with E-state index in [1.54, 1.807) is 0 Å². The van der Waals surface area contributed by atoms with Crippen LogP contribution >= 0.6 is 0 Å². The molecule has 1 saturated heterocycles. The molecule has 0 amide bonds. The number of unbranched alkanes of at least 4 members (excludes halogenated alkanes) is 1. The first kappa shape index (κ1) is 34.9. The number of hydrogen-bond acceptors (Lipinski definition) is 10. The number of hydrogen-bond donors (Lipinski definition) is 3. The number of rotatable bonds is 20. The Morgan fingerprint density at radius 3 is 2.40 bits per heavy atom. The van der Waals surface area contributed by atoms with Crippen LogP contribution in [0.5, 0.6) is 0 Å². The van der Waals surface area contributed by atoms with Crippen molar-refractivity contribution < 1.29 is 34.8 Å². The van der Waals surface area contributed by atoms with Gasteiger partial charge in [0.15, 0.2) is 0 Å². The number of benzene rings is 1. The van der Waals surface area contributed by atoms with Crippen LogP contribution in [0.3, 0.4) is 0 Å². The second-order valence-corrected chi connectivity index (χ2v) is 11.9. The summed E-state index contributed by atoms with van der Waals surface area (Å²) in [6.45, 7) is 5.48. The zero-order valence-electron chi connectivity index (χ0n) is 25.4. The molecule has 1 aliphatic heterocycles. The minimum absolute atomic E-state index is 0.0259. The van der Waals surface area contributed by atoms with Crippen molar-refractivity contribution in [2.24, 2.45) is 11.8 Å². The molecule has 1 heterocycles. The third kappa shape index (κ3) is 13.7. The summed E-state index contributed by atoms with van der Waals surface area (Å²) in [4.78, 5) is 31.2. The minimum atomic E-state index is -0.759. The largest absolute Gasteiger partial charge is 0.464 e. The molecule has 1 aliphatic carbocycles. The maximum atomic E-state index is 12.1. The SMILES string of the molecule is O=C(CCCC=CC[C@@H]1[C@@H](CC[C@@H](O)CCc2ccccc2)[C@H](O)C[C@@H]1O)OCCN1CCN(CCCO[N+](=O)[O-])CC1. The highest BCUT2D eigenvalue weighted by molar-refractivity contribution is 5.69. The van der Waals surface area contributed by atoms with Gasteiger partial charge in [-0.15, -0.1) is 10.1 Å². The van der Waals surface area contributed by atoms with Gasteiger partial charge in [-0.25, -0.2) is 0 Å². The number of aliphatic hydroxyl groups excluding tert-OH is 3. The molecule has 0 bridgehead atoms. The number of nitrogens with zero attached hydrogens (tertiary/aromatic N) is 3. The number of carbonyl (C=O) groups excluding carboxylic acids is 1. The third-order valence-corrected chi connectivity index (χ3v) is 8.74. The summed E-state index contributed by atoms with van der Waals surface area (Å²) in [5.41, 5.74) is 1.21. The summed E-state index contributed by atoms with van der Waals surface area (Å²) < 4.78 is 5.41. The van der Waals surface area contributed by atoms with Crippen molar-refractivity contribution >= 4 is 5.97 Å². The van der Waals surface area contributed by atoms with Gasteiger partial charge in [0.25, 0.3) is 5.09 Å². The maximum Gasteiger partial charge on any atom is 0.305 e. The molecule has 1 aromatic rings.